The predicted octanol–water partition coefficient (Wildman–Crippen LogP) is 2.07. The van der Waals surface area contributed by atoms with Gasteiger partial charge in [0.1, 0.15) is 12.4 Å². The van der Waals surface area contributed by atoms with Gasteiger partial charge in [-0.25, -0.2) is 4.99 Å². The maximum Gasteiger partial charge on any atom is 0.192 e. The number of nitrogens with zero attached hydrogens (tertiary/aromatic N) is 5. The second-order valence-corrected chi connectivity index (χ2v) is 7.66. The van der Waals surface area contributed by atoms with Crippen LogP contribution in [0.5, 0.6) is 0 Å². The SMILES string of the molecule is C=CCNC(=NCc1nnc(C)n1C)NC1CCN(Cc2ccsc2)CC1. The van der Waals surface area contributed by atoms with Crippen molar-refractivity contribution in [1.82, 2.24) is 30.3 Å². The van der Waals surface area contributed by atoms with E-state index in [1.807, 2.05) is 24.6 Å². The fourth-order valence-electron chi connectivity index (χ4n) is 3.13. The molecule has 3 rings (SSSR count). The van der Waals surface area contributed by atoms with Crippen LogP contribution >= 0.6 is 11.3 Å². The monoisotopic (exact) mass is 387 g/mol. The van der Waals surface area contributed by atoms with Gasteiger partial charge in [-0.1, -0.05) is 6.08 Å². The molecular weight excluding hydrogens is 358 g/mol. The summed E-state index contributed by atoms with van der Waals surface area (Å²) < 4.78 is 1.97. The molecule has 146 valence electrons. The highest BCUT2D eigenvalue weighted by Crippen LogP contribution is 2.15. The van der Waals surface area contributed by atoms with E-state index in [-0.39, 0.29) is 0 Å². The van der Waals surface area contributed by atoms with Gasteiger partial charge in [-0.3, -0.25) is 4.90 Å². The summed E-state index contributed by atoms with van der Waals surface area (Å²) in [5.74, 6) is 2.57. The van der Waals surface area contributed by atoms with Crippen molar-refractivity contribution < 1.29 is 0 Å². The minimum absolute atomic E-state index is 0.432. The number of aromatic nitrogens is 3. The van der Waals surface area contributed by atoms with E-state index in [2.05, 4.69) is 49.1 Å². The van der Waals surface area contributed by atoms with Gasteiger partial charge in [0.15, 0.2) is 11.8 Å². The molecule has 0 unspecified atom stereocenters. The van der Waals surface area contributed by atoms with Crippen LogP contribution in [0.4, 0.5) is 0 Å². The molecule has 1 aliphatic heterocycles. The highest BCUT2D eigenvalue weighted by molar-refractivity contribution is 7.07. The highest BCUT2D eigenvalue weighted by Gasteiger charge is 2.20. The Morgan fingerprint density at radius 3 is 2.85 bits per heavy atom. The topological polar surface area (TPSA) is 70.4 Å². The van der Waals surface area contributed by atoms with E-state index in [4.69, 9.17) is 4.99 Å². The Kier molecular flexibility index (Phi) is 7.00. The molecule has 27 heavy (non-hydrogen) atoms. The summed E-state index contributed by atoms with van der Waals surface area (Å²) in [5.41, 5.74) is 1.42. The molecule has 7 nitrogen and oxygen atoms in total. The van der Waals surface area contributed by atoms with Gasteiger partial charge in [-0.2, -0.15) is 11.3 Å². The third-order valence-corrected chi connectivity index (χ3v) is 5.62. The predicted molar refractivity (Wildman–Crippen MR) is 111 cm³/mol. The first-order valence-corrected chi connectivity index (χ1v) is 10.3. The summed E-state index contributed by atoms with van der Waals surface area (Å²) in [6, 6.07) is 2.65. The molecule has 8 heteroatoms. The van der Waals surface area contributed by atoms with Crippen LogP contribution in [-0.2, 0) is 20.1 Å². The molecule has 2 aromatic rings. The van der Waals surface area contributed by atoms with Crippen molar-refractivity contribution in [3.05, 3.63) is 46.7 Å². The maximum atomic E-state index is 4.69. The average molecular weight is 388 g/mol. The van der Waals surface area contributed by atoms with Gasteiger partial charge in [0, 0.05) is 39.3 Å². The number of thiophene rings is 1. The van der Waals surface area contributed by atoms with Crippen LogP contribution in [0.15, 0.2) is 34.5 Å². The summed E-state index contributed by atoms with van der Waals surface area (Å²) in [6.07, 6.45) is 4.07. The van der Waals surface area contributed by atoms with E-state index in [0.717, 1.165) is 50.1 Å². The Bertz CT molecular complexity index is 742. The summed E-state index contributed by atoms with van der Waals surface area (Å²) in [7, 11) is 1.97. The first-order chi connectivity index (χ1) is 13.2. The number of nitrogens with one attached hydrogen (secondary N) is 2. The zero-order chi connectivity index (χ0) is 19.1. The van der Waals surface area contributed by atoms with Crippen LogP contribution in [0.2, 0.25) is 0 Å². The van der Waals surface area contributed by atoms with Crippen molar-refractivity contribution in [1.29, 1.82) is 0 Å². The maximum absolute atomic E-state index is 4.69. The molecule has 0 bridgehead atoms. The standard InChI is InChI=1S/C19H29N7S/c1-4-8-20-19(21-12-18-24-23-15(2)25(18)3)22-17-5-9-26(10-6-17)13-16-7-11-27-14-16/h4,7,11,14,17H,1,5-6,8-10,12-13H2,2-3H3,(H2,20,21,22). The molecule has 0 radical (unpaired) electrons. The Morgan fingerprint density at radius 2 is 2.22 bits per heavy atom. The lowest BCUT2D eigenvalue weighted by molar-refractivity contribution is 0.198. The second-order valence-electron chi connectivity index (χ2n) is 6.88. The number of guanidine groups is 1. The van der Waals surface area contributed by atoms with Crippen molar-refractivity contribution in [3.8, 4) is 0 Å². The highest BCUT2D eigenvalue weighted by atomic mass is 32.1. The molecule has 0 atom stereocenters. The smallest absolute Gasteiger partial charge is 0.192 e. The van der Waals surface area contributed by atoms with Crippen LogP contribution in [0.25, 0.3) is 0 Å². The number of aliphatic imine (C=N–C) groups is 1. The molecular formula is C19H29N7S. The molecule has 0 amide bonds. The number of hydrogen-bond donors (Lipinski definition) is 2. The summed E-state index contributed by atoms with van der Waals surface area (Å²) >= 11 is 1.77. The van der Waals surface area contributed by atoms with Crippen LogP contribution in [-0.4, -0.2) is 51.3 Å². The van der Waals surface area contributed by atoms with Crippen molar-refractivity contribution in [2.45, 2.75) is 38.9 Å². The van der Waals surface area contributed by atoms with Crippen molar-refractivity contribution >= 4 is 17.3 Å². The molecule has 2 aromatic heterocycles. The van der Waals surface area contributed by atoms with Crippen molar-refractivity contribution in [2.75, 3.05) is 19.6 Å². The normalized spacial score (nSPS) is 16.4. The first kappa shape index (κ1) is 19.6. The Morgan fingerprint density at radius 1 is 1.41 bits per heavy atom. The van der Waals surface area contributed by atoms with E-state index >= 15 is 0 Å². The molecule has 1 aliphatic rings. The minimum atomic E-state index is 0.432. The molecule has 0 aromatic carbocycles. The van der Waals surface area contributed by atoms with Gasteiger partial charge < -0.3 is 15.2 Å². The lowest BCUT2D eigenvalue weighted by Gasteiger charge is -2.33. The van der Waals surface area contributed by atoms with E-state index in [1.165, 1.54) is 5.56 Å². The zero-order valence-corrected chi connectivity index (χ0v) is 17.0. The fourth-order valence-corrected chi connectivity index (χ4v) is 3.79. The molecule has 1 fully saturated rings. The van der Waals surface area contributed by atoms with E-state index in [1.54, 1.807) is 11.3 Å². The van der Waals surface area contributed by atoms with Gasteiger partial charge in [0.05, 0.1) is 0 Å². The molecule has 1 saturated heterocycles. The largest absolute Gasteiger partial charge is 0.354 e. The van der Waals surface area contributed by atoms with Crippen LogP contribution in [0.1, 0.15) is 30.1 Å². The van der Waals surface area contributed by atoms with Gasteiger partial charge in [0.2, 0.25) is 0 Å². The molecule has 0 aliphatic carbocycles. The molecule has 3 heterocycles. The van der Waals surface area contributed by atoms with Gasteiger partial charge >= 0.3 is 0 Å². The average Bonchev–Trinajstić information content (AvgIpc) is 3.30. The second kappa shape index (κ2) is 9.66. The van der Waals surface area contributed by atoms with E-state index < -0.39 is 0 Å². The number of aryl methyl sites for hydroxylation is 1. The number of rotatable bonds is 7. The van der Waals surface area contributed by atoms with Crippen LogP contribution < -0.4 is 10.6 Å². The Balaban J connectivity index is 1.52. The quantitative estimate of drug-likeness (QED) is 0.432. The lowest BCUT2D eigenvalue weighted by atomic mass is 10.0. The summed E-state index contributed by atoms with van der Waals surface area (Å²) in [4.78, 5) is 7.22. The van der Waals surface area contributed by atoms with Crippen molar-refractivity contribution in [2.24, 2.45) is 12.0 Å². The van der Waals surface area contributed by atoms with E-state index in [0.29, 0.717) is 19.1 Å². The van der Waals surface area contributed by atoms with Crippen molar-refractivity contribution in [3.63, 3.8) is 0 Å². The first-order valence-electron chi connectivity index (χ1n) is 9.39. The van der Waals surface area contributed by atoms with Gasteiger partial charge in [0.25, 0.3) is 0 Å². The third kappa shape index (κ3) is 5.64. The van der Waals surface area contributed by atoms with Gasteiger partial charge in [-0.05, 0) is 42.2 Å². The van der Waals surface area contributed by atoms with Crippen LogP contribution in [0, 0.1) is 6.92 Å². The summed E-state index contributed by atoms with van der Waals surface area (Å²) in [6.45, 7) is 10.2. The minimum Gasteiger partial charge on any atom is -0.354 e. The molecule has 0 saturated carbocycles. The summed E-state index contributed by atoms with van der Waals surface area (Å²) in [5, 5.41) is 19.6. The molecule has 0 spiro atoms. The number of piperidine rings is 1. The third-order valence-electron chi connectivity index (χ3n) is 4.89. The zero-order valence-electron chi connectivity index (χ0n) is 16.2. The number of hydrogen-bond acceptors (Lipinski definition) is 5. The van der Waals surface area contributed by atoms with Gasteiger partial charge in [-0.15, -0.1) is 16.8 Å². The Labute approximate surface area is 165 Å². The van der Waals surface area contributed by atoms with Crippen LogP contribution in [0.3, 0.4) is 0 Å². The number of likely N-dealkylation sites (tertiary alicyclic amines) is 1. The fraction of sp³-hybridized carbons (Fsp3) is 0.526. The Hall–Kier alpha value is -2.19. The molecule has 2 N–H and O–H groups in total. The van der Waals surface area contributed by atoms with E-state index in [9.17, 15) is 0 Å². The lowest BCUT2D eigenvalue weighted by Crippen LogP contribution is -2.48.